The van der Waals surface area contributed by atoms with Crippen molar-refractivity contribution in [3.05, 3.63) is 59.9 Å². The molecule has 0 saturated heterocycles. The summed E-state index contributed by atoms with van der Waals surface area (Å²) in [6.45, 7) is 10.0. The summed E-state index contributed by atoms with van der Waals surface area (Å²) in [6.07, 6.45) is 7.69. The zero-order chi connectivity index (χ0) is 16.3. The summed E-state index contributed by atoms with van der Waals surface area (Å²) in [5.41, 5.74) is 2.95. The normalized spacial score (nSPS) is 10.3. The van der Waals surface area contributed by atoms with Crippen LogP contribution in [0, 0.1) is 6.57 Å². The van der Waals surface area contributed by atoms with E-state index in [2.05, 4.69) is 23.9 Å². The Kier molecular flexibility index (Phi) is 7.20. The Morgan fingerprint density at radius 1 is 0.783 bits per heavy atom. The average Bonchev–Trinajstić information content (AvgIpc) is 2.61. The average molecular weight is 307 g/mol. The molecule has 0 heterocycles. The highest BCUT2D eigenvalue weighted by Crippen LogP contribution is 2.24. The minimum absolute atomic E-state index is 0.674. The SMILES string of the molecule is [C-]#[N+]c1ccc(-c2ccc(OCCCCCCCC)cc2)cc1. The van der Waals surface area contributed by atoms with Crippen LogP contribution in [0.3, 0.4) is 0 Å². The van der Waals surface area contributed by atoms with Gasteiger partial charge in [0.15, 0.2) is 5.69 Å². The summed E-state index contributed by atoms with van der Waals surface area (Å²) in [7, 11) is 0. The molecule has 120 valence electrons. The van der Waals surface area contributed by atoms with E-state index in [1.807, 2.05) is 36.4 Å². The highest BCUT2D eigenvalue weighted by atomic mass is 16.5. The summed E-state index contributed by atoms with van der Waals surface area (Å²) >= 11 is 0. The summed E-state index contributed by atoms with van der Waals surface area (Å²) in [4.78, 5) is 3.41. The Morgan fingerprint density at radius 3 is 1.96 bits per heavy atom. The second-order valence-electron chi connectivity index (χ2n) is 5.80. The standard InChI is InChI=1S/C21H25NO/c1-3-4-5-6-7-8-17-23-21-15-11-19(12-16-21)18-9-13-20(22-2)14-10-18/h9-16H,3-8,17H2,1H3. The lowest BCUT2D eigenvalue weighted by Crippen LogP contribution is -1.97. The van der Waals surface area contributed by atoms with Crippen molar-refractivity contribution in [2.75, 3.05) is 6.61 Å². The molecule has 2 heteroatoms. The molecule has 0 aliphatic heterocycles. The van der Waals surface area contributed by atoms with Gasteiger partial charge in [-0.25, -0.2) is 4.85 Å². The number of unbranched alkanes of at least 4 members (excludes halogenated alkanes) is 5. The van der Waals surface area contributed by atoms with Crippen LogP contribution < -0.4 is 4.74 Å². The van der Waals surface area contributed by atoms with Crippen molar-refractivity contribution in [2.24, 2.45) is 0 Å². The van der Waals surface area contributed by atoms with E-state index in [1.165, 1.54) is 32.1 Å². The third-order valence-corrected chi connectivity index (χ3v) is 3.95. The Hall–Kier alpha value is -2.27. The molecular weight excluding hydrogens is 282 g/mol. The van der Waals surface area contributed by atoms with E-state index in [4.69, 9.17) is 11.3 Å². The van der Waals surface area contributed by atoms with Crippen LogP contribution in [0.1, 0.15) is 45.4 Å². The zero-order valence-electron chi connectivity index (χ0n) is 13.9. The van der Waals surface area contributed by atoms with Crippen LogP contribution in [0.2, 0.25) is 0 Å². The van der Waals surface area contributed by atoms with Gasteiger partial charge < -0.3 is 4.74 Å². The number of hydrogen-bond acceptors (Lipinski definition) is 1. The van der Waals surface area contributed by atoms with E-state index < -0.39 is 0 Å². The lowest BCUT2D eigenvalue weighted by molar-refractivity contribution is 0.304. The van der Waals surface area contributed by atoms with Gasteiger partial charge in [-0.2, -0.15) is 0 Å². The number of rotatable bonds is 9. The van der Waals surface area contributed by atoms with Crippen molar-refractivity contribution in [1.82, 2.24) is 0 Å². The molecule has 0 saturated carbocycles. The first-order valence-electron chi connectivity index (χ1n) is 8.54. The molecule has 0 amide bonds. The van der Waals surface area contributed by atoms with E-state index in [0.29, 0.717) is 5.69 Å². The van der Waals surface area contributed by atoms with E-state index >= 15 is 0 Å². The monoisotopic (exact) mass is 307 g/mol. The van der Waals surface area contributed by atoms with Crippen LogP contribution in [0.5, 0.6) is 5.75 Å². The van der Waals surface area contributed by atoms with Gasteiger partial charge in [-0.15, -0.1) is 0 Å². The molecule has 0 aromatic heterocycles. The summed E-state index contributed by atoms with van der Waals surface area (Å²) < 4.78 is 5.80. The van der Waals surface area contributed by atoms with Crippen LogP contribution >= 0.6 is 0 Å². The molecule has 2 aromatic rings. The van der Waals surface area contributed by atoms with Gasteiger partial charge in [0.1, 0.15) is 5.75 Å². The number of benzene rings is 2. The number of nitrogens with zero attached hydrogens (tertiary/aromatic N) is 1. The highest BCUT2D eigenvalue weighted by molar-refractivity contribution is 5.66. The third-order valence-electron chi connectivity index (χ3n) is 3.95. The molecule has 0 radical (unpaired) electrons. The van der Waals surface area contributed by atoms with Crippen LogP contribution in [-0.2, 0) is 0 Å². The summed E-state index contributed by atoms with van der Waals surface area (Å²) in [5, 5.41) is 0. The molecule has 0 fully saturated rings. The van der Waals surface area contributed by atoms with E-state index in [9.17, 15) is 0 Å². The minimum Gasteiger partial charge on any atom is -0.494 e. The van der Waals surface area contributed by atoms with Gasteiger partial charge in [0.25, 0.3) is 0 Å². The zero-order valence-corrected chi connectivity index (χ0v) is 13.9. The molecule has 0 N–H and O–H groups in total. The highest BCUT2D eigenvalue weighted by Gasteiger charge is 2.00. The van der Waals surface area contributed by atoms with Gasteiger partial charge in [0.2, 0.25) is 0 Å². The second kappa shape index (κ2) is 9.69. The first-order valence-corrected chi connectivity index (χ1v) is 8.54. The first kappa shape index (κ1) is 17.1. The molecule has 2 aromatic carbocycles. The summed E-state index contributed by atoms with van der Waals surface area (Å²) in [5.74, 6) is 0.931. The Morgan fingerprint density at radius 2 is 1.35 bits per heavy atom. The minimum atomic E-state index is 0.674. The predicted molar refractivity (Wildman–Crippen MR) is 97.0 cm³/mol. The molecule has 0 atom stereocenters. The van der Waals surface area contributed by atoms with E-state index in [0.717, 1.165) is 29.9 Å². The molecule has 0 unspecified atom stereocenters. The Bertz CT molecular complexity index is 608. The van der Waals surface area contributed by atoms with Gasteiger partial charge in [0.05, 0.1) is 13.2 Å². The van der Waals surface area contributed by atoms with Crippen molar-refractivity contribution in [1.29, 1.82) is 0 Å². The number of ether oxygens (including phenoxy) is 1. The van der Waals surface area contributed by atoms with Gasteiger partial charge in [-0.1, -0.05) is 75.4 Å². The smallest absolute Gasteiger partial charge is 0.187 e. The van der Waals surface area contributed by atoms with Crippen LogP contribution in [0.25, 0.3) is 16.0 Å². The lowest BCUT2D eigenvalue weighted by Gasteiger charge is -2.07. The molecule has 0 aliphatic rings. The van der Waals surface area contributed by atoms with Gasteiger partial charge >= 0.3 is 0 Å². The quantitative estimate of drug-likeness (QED) is 0.374. The van der Waals surface area contributed by atoms with Crippen molar-refractivity contribution in [3.8, 4) is 16.9 Å². The molecular formula is C21H25NO. The lowest BCUT2D eigenvalue weighted by atomic mass is 10.1. The fourth-order valence-corrected chi connectivity index (χ4v) is 2.54. The van der Waals surface area contributed by atoms with E-state index in [-0.39, 0.29) is 0 Å². The molecule has 23 heavy (non-hydrogen) atoms. The van der Waals surface area contributed by atoms with Crippen molar-refractivity contribution < 1.29 is 4.74 Å². The Balaban J connectivity index is 1.77. The second-order valence-corrected chi connectivity index (χ2v) is 5.80. The molecule has 0 spiro atoms. The van der Waals surface area contributed by atoms with Gasteiger partial charge in [-0.3, -0.25) is 0 Å². The third kappa shape index (κ3) is 5.79. The molecule has 2 nitrogen and oxygen atoms in total. The summed E-state index contributed by atoms with van der Waals surface area (Å²) in [6, 6.07) is 15.9. The van der Waals surface area contributed by atoms with Crippen molar-refractivity contribution in [2.45, 2.75) is 45.4 Å². The van der Waals surface area contributed by atoms with Crippen molar-refractivity contribution in [3.63, 3.8) is 0 Å². The maximum atomic E-state index is 6.98. The molecule has 0 aliphatic carbocycles. The van der Waals surface area contributed by atoms with Gasteiger partial charge in [-0.05, 0) is 29.7 Å². The van der Waals surface area contributed by atoms with E-state index in [1.54, 1.807) is 0 Å². The number of hydrogen-bond donors (Lipinski definition) is 0. The van der Waals surface area contributed by atoms with Crippen LogP contribution in [-0.4, -0.2) is 6.61 Å². The van der Waals surface area contributed by atoms with Crippen LogP contribution in [0.4, 0.5) is 5.69 Å². The Labute approximate surface area is 139 Å². The topological polar surface area (TPSA) is 13.6 Å². The maximum absolute atomic E-state index is 6.98. The van der Waals surface area contributed by atoms with Crippen LogP contribution in [0.15, 0.2) is 48.5 Å². The molecule has 2 rings (SSSR count). The largest absolute Gasteiger partial charge is 0.494 e. The van der Waals surface area contributed by atoms with Crippen molar-refractivity contribution >= 4 is 5.69 Å². The maximum Gasteiger partial charge on any atom is 0.187 e. The fourth-order valence-electron chi connectivity index (χ4n) is 2.54. The molecule has 0 bridgehead atoms. The van der Waals surface area contributed by atoms with Gasteiger partial charge in [0, 0.05) is 0 Å². The first-order chi connectivity index (χ1) is 11.3. The predicted octanol–water partition coefficient (Wildman–Crippen LogP) is 6.64. The fraction of sp³-hybridized carbons (Fsp3) is 0.381.